The van der Waals surface area contributed by atoms with Crippen LogP contribution in [0.2, 0.25) is 0 Å². The summed E-state index contributed by atoms with van der Waals surface area (Å²) in [5, 5.41) is 5.14. The molecule has 0 saturated heterocycles. The average Bonchev–Trinajstić information content (AvgIpc) is 2.66. The number of nitrogens with zero attached hydrogens (tertiary/aromatic N) is 4. The highest BCUT2D eigenvalue weighted by atomic mass is 32.2. The van der Waals surface area contributed by atoms with Crippen LogP contribution in [0.1, 0.15) is 26.5 Å². The van der Waals surface area contributed by atoms with E-state index in [9.17, 15) is 4.55 Å². The molecule has 2 heterocycles. The van der Waals surface area contributed by atoms with E-state index in [1.165, 1.54) is 0 Å². The van der Waals surface area contributed by atoms with Crippen molar-refractivity contribution in [2.45, 2.75) is 25.5 Å². The summed E-state index contributed by atoms with van der Waals surface area (Å²) in [6.45, 7) is 5.66. The predicted octanol–water partition coefficient (Wildman–Crippen LogP) is 1.85. The third kappa shape index (κ3) is 2.70. The van der Waals surface area contributed by atoms with E-state index in [-0.39, 0.29) is 4.75 Å². The van der Waals surface area contributed by atoms with E-state index in [0.29, 0.717) is 5.69 Å². The van der Waals surface area contributed by atoms with Crippen molar-refractivity contribution in [2.75, 3.05) is 0 Å². The molecule has 1 unspecified atom stereocenters. The Kier molecular flexibility index (Phi) is 3.41. The maximum absolute atomic E-state index is 11.8. The van der Waals surface area contributed by atoms with Crippen LogP contribution in [0.5, 0.6) is 0 Å². The molecule has 2 rings (SSSR count). The molecule has 96 valence electrons. The highest BCUT2D eigenvalue weighted by Gasteiger charge is 2.25. The van der Waals surface area contributed by atoms with Crippen molar-refractivity contribution in [1.29, 1.82) is 0 Å². The maximum atomic E-state index is 11.8. The van der Waals surface area contributed by atoms with Gasteiger partial charge in [-0.15, -0.1) is 0 Å². The first-order valence-electron chi connectivity index (χ1n) is 5.62. The van der Waals surface area contributed by atoms with Crippen LogP contribution in [0.3, 0.4) is 0 Å². The highest BCUT2D eigenvalue weighted by molar-refractivity contribution is 7.91. The fourth-order valence-electron chi connectivity index (χ4n) is 1.40. The Morgan fingerprint density at radius 3 is 2.78 bits per heavy atom. The smallest absolute Gasteiger partial charge is 0.144 e. The van der Waals surface area contributed by atoms with Crippen LogP contribution >= 0.6 is 0 Å². The Morgan fingerprint density at radius 2 is 2.11 bits per heavy atom. The molecule has 0 spiro atoms. The monoisotopic (exact) mass is 264 g/mol. The Balaban J connectivity index is 2.25. The predicted molar refractivity (Wildman–Crippen MR) is 74.0 cm³/mol. The van der Waals surface area contributed by atoms with E-state index in [2.05, 4.69) is 14.5 Å². The van der Waals surface area contributed by atoms with Gasteiger partial charge in [-0.3, -0.25) is 9.67 Å². The standard InChI is InChI=1S/C12H16N4OS/c1-12(2,3)18(17)15-7-10-5-9-6-14-16(4)11(9)8-13-10/h5-8H,1-4H3. The molecular weight excluding hydrogens is 248 g/mol. The fraction of sp³-hybridized carbons (Fsp3) is 0.417. The minimum Gasteiger partial charge on any atom is -0.591 e. The SMILES string of the molecule is Cn1ncc2cc(C=N[S+]([O-])C(C)(C)C)ncc21. The van der Waals surface area contributed by atoms with Crippen molar-refractivity contribution in [1.82, 2.24) is 14.8 Å². The van der Waals surface area contributed by atoms with Crippen molar-refractivity contribution in [3.05, 3.63) is 24.2 Å². The molecule has 18 heavy (non-hydrogen) atoms. The summed E-state index contributed by atoms with van der Waals surface area (Å²) in [5.74, 6) is 0. The summed E-state index contributed by atoms with van der Waals surface area (Å²) < 4.78 is 17.2. The molecule has 0 aliphatic carbocycles. The topological polar surface area (TPSA) is 66.1 Å². The molecule has 6 heteroatoms. The van der Waals surface area contributed by atoms with Crippen LogP contribution in [0.4, 0.5) is 0 Å². The number of fused-ring (bicyclic) bond motifs is 1. The number of rotatable bonds is 2. The van der Waals surface area contributed by atoms with E-state index in [1.54, 1.807) is 23.3 Å². The van der Waals surface area contributed by atoms with Gasteiger partial charge >= 0.3 is 0 Å². The Labute approximate surface area is 109 Å². The van der Waals surface area contributed by atoms with Crippen LogP contribution in [-0.2, 0) is 18.4 Å². The number of aryl methyl sites for hydroxylation is 1. The zero-order valence-corrected chi connectivity index (χ0v) is 11.7. The summed E-state index contributed by atoms with van der Waals surface area (Å²) in [5.41, 5.74) is 1.65. The summed E-state index contributed by atoms with van der Waals surface area (Å²) in [6, 6.07) is 1.88. The minimum absolute atomic E-state index is 0.352. The summed E-state index contributed by atoms with van der Waals surface area (Å²) in [6.07, 6.45) is 5.06. The van der Waals surface area contributed by atoms with Gasteiger partial charge in [0.25, 0.3) is 0 Å². The van der Waals surface area contributed by atoms with E-state index < -0.39 is 11.4 Å². The largest absolute Gasteiger partial charge is 0.591 e. The van der Waals surface area contributed by atoms with Gasteiger partial charge in [0.2, 0.25) is 0 Å². The van der Waals surface area contributed by atoms with Crippen molar-refractivity contribution in [3.8, 4) is 0 Å². The van der Waals surface area contributed by atoms with Gasteiger partial charge in [-0.25, -0.2) is 0 Å². The molecule has 0 aliphatic heterocycles. The number of hydrogen-bond donors (Lipinski definition) is 0. The number of pyridine rings is 1. The molecule has 0 N–H and O–H groups in total. The van der Waals surface area contributed by atoms with Crippen LogP contribution in [-0.4, -0.2) is 30.3 Å². The van der Waals surface area contributed by atoms with Crippen LogP contribution in [0.25, 0.3) is 10.9 Å². The van der Waals surface area contributed by atoms with E-state index in [1.807, 2.05) is 33.9 Å². The zero-order chi connectivity index (χ0) is 13.3. The molecule has 0 radical (unpaired) electrons. The van der Waals surface area contributed by atoms with E-state index in [0.717, 1.165) is 10.9 Å². The van der Waals surface area contributed by atoms with E-state index >= 15 is 0 Å². The lowest BCUT2D eigenvalue weighted by Crippen LogP contribution is -2.25. The van der Waals surface area contributed by atoms with Gasteiger partial charge in [0.15, 0.2) is 0 Å². The molecule has 0 amide bonds. The van der Waals surface area contributed by atoms with Crippen molar-refractivity contribution in [2.24, 2.45) is 11.4 Å². The van der Waals surface area contributed by atoms with Crippen molar-refractivity contribution in [3.63, 3.8) is 0 Å². The molecule has 0 aliphatic rings. The van der Waals surface area contributed by atoms with Gasteiger partial charge in [-0.1, -0.05) is 4.40 Å². The van der Waals surface area contributed by atoms with Crippen molar-refractivity contribution < 1.29 is 4.55 Å². The molecule has 0 aromatic carbocycles. The first-order chi connectivity index (χ1) is 8.38. The molecule has 0 bridgehead atoms. The second-order valence-corrected chi connectivity index (χ2v) is 6.97. The van der Waals surface area contributed by atoms with E-state index in [4.69, 9.17) is 0 Å². The first-order valence-corrected chi connectivity index (χ1v) is 6.72. The quantitative estimate of drug-likeness (QED) is 0.614. The maximum Gasteiger partial charge on any atom is 0.144 e. The first kappa shape index (κ1) is 13.0. The molecule has 5 nitrogen and oxygen atoms in total. The van der Waals surface area contributed by atoms with Crippen LogP contribution < -0.4 is 0 Å². The third-order valence-corrected chi connectivity index (χ3v) is 3.80. The molecule has 0 saturated carbocycles. The Morgan fingerprint density at radius 1 is 1.39 bits per heavy atom. The molecule has 2 aromatic heterocycles. The highest BCUT2D eigenvalue weighted by Crippen LogP contribution is 2.17. The molecule has 2 aromatic rings. The van der Waals surface area contributed by atoms with Crippen LogP contribution in [0.15, 0.2) is 22.9 Å². The molecule has 1 atom stereocenters. The molecular formula is C12H16N4OS. The Bertz CT molecular complexity index is 585. The summed E-state index contributed by atoms with van der Waals surface area (Å²) in [4.78, 5) is 4.25. The van der Waals surface area contributed by atoms with Gasteiger partial charge < -0.3 is 4.55 Å². The second-order valence-electron chi connectivity index (χ2n) is 5.03. The second kappa shape index (κ2) is 4.70. The zero-order valence-electron chi connectivity index (χ0n) is 10.9. The van der Waals surface area contributed by atoms with Gasteiger partial charge in [0.05, 0.1) is 23.6 Å². The summed E-state index contributed by atoms with van der Waals surface area (Å²) in [7, 11) is 1.87. The molecule has 0 fully saturated rings. The van der Waals surface area contributed by atoms with Gasteiger partial charge in [-0.2, -0.15) is 5.10 Å². The van der Waals surface area contributed by atoms with Crippen LogP contribution in [0, 0.1) is 0 Å². The normalized spacial score (nSPS) is 14.5. The van der Waals surface area contributed by atoms with Gasteiger partial charge in [-0.05, 0) is 26.8 Å². The Hall–Kier alpha value is -1.40. The lowest BCUT2D eigenvalue weighted by Gasteiger charge is -2.17. The lowest BCUT2D eigenvalue weighted by atomic mass is 10.3. The van der Waals surface area contributed by atoms with Gasteiger partial charge in [0.1, 0.15) is 22.3 Å². The summed E-state index contributed by atoms with van der Waals surface area (Å²) >= 11 is -1.26. The lowest BCUT2D eigenvalue weighted by molar-refractivity contribution is 0.562. The number of hydrogen-bond acceptors (Lipinski definition) is 4. The third-order valence-electron chi connectivity index (χ3n) is 2.46. The number of aromatic nitrogens is 3. The van der Waals surface area contributed by atoms with Gasteiger partial charge in [0, 0.05) is 12.4 Å². The van der Waals surface area contributed by atoms with Crippen molar-refractivity contribution >= 4 is 28.5 Å². The average molecular weight is 264 g/mol. The fourth-order valence-corrected chi connectivity index (χ4v) is 1.92. The minimum atomic E-state index is -1.26.